The molecule has 1 saturated heterocycles. The number of Topliss-reactive ketones (excluding diaryl/α,β-unsaturated/α-hetero) is 1. The van der Waals surface area contributed by atoms with Crippen LogP contribution >= 0.6 is 0 Å². The average molecular weight is 397 g/mol. The molecule has 2 aromatic rings. The second-order valence-electron chi connectivity index (χ2n) is 6.99. The summed E-state index contributed by atoms with van der Waals surface area (Å²) in [5.41, 5.74) is 1.12. The minimum atomic E-state index is -0.216. The zero-order valence-corrected chi connectivity index (χ0v) is 16.9. The predicted molar refractivity (Wildman–Crippen MR) is 112 cm³/mol. The van der Waals surface area contributed by atoms with Crippen LogP contribution in [0.2, 0.25) is 0 Å². The van der Waals surface area contributed by atoms with Gasteiger partial charge in [0.2, 0.25) is 5.91 Å². The van der Waals surface area contributed by atoms with Crippen molar-refractivity contribution >= 4 is 23.2 Å². The molecule has 0 saturated carbocycles. The second-order valence-corrected chi connectivity index (χ2v) is 6.99. The van der Waals surface area contributed by atoms with E-state index >= 15 is 0 Å². The monoisotopic (exact) mass is 397 g/mol. The van der Waals surface area contributed by atoms with E-state index in [9.17, 15) is 9.59 Å². The van der Waals surface area contributed by atoms with Crippen LogP contribution in [0.25, 0.3) is 0 Å². The Kier molecular flexibility index (Phi) is 7.05. The number of aromatic nitrogens is 1. The van der Waals surface area contributed by atoms with Crippen molar-refractivity contribution in [3.05, 3.63) is 42.1 Å². The summed E-state index contributed by atoms with van der Waals surface area (Å²) in [7, 11) is 3.06. The summed E-state index contributed by atoms with van der Waals surface area (Å²) in [5.74, 6) is 1.64. The van der Waals surface area contributed by atoms with Crippen LogP contribution in [0.1, 0.15) is 42.5 Å². The molecule has 154 valence electrons. The number of benzene rings is 1. The van der Waals surface area contributed by atoms with Gasteiger partial charge in [0.15, 0.2) is 17.3 Å². The molecule has 2 heterocycles. The number of anilines is 2. The van der Waals surface area contributed by atoms with Gasteiger partial charge in [-0.15, -0.1) is 0 Å². The Hall–Kier alpha value is -3.09. The highest BCUT2D eigenvalue weighted by Gasteiger charge is 2.14. The summed E-state index contributed by atoms with van der Waals surface area (Å²) in [6.07, 6.45) is 5.52. The molecule has 1 aliphatic heterocycles. The number of carbonyl (C=O) groups excluding carboxylic acids is 2. The number of rotatable bonds is 8. The third kappa shape index (κ3) is 5.47. The number of nitrogens with one attached hydrogen (secondary N) is 1. The van der Waals surface area contributed by atoms with Gasteiger partial charge in [0.05, 0.1) is 26.1 Å². The highest BCUT2D eigenvalue weighted by Crippen LogP contribution is 2.28. The van der Waals surface area contributed by atoms with Gasteiger partial charge in [-0.05, 0) is 49.6 Å². The van der Waals surface area contributed by atoms with Gasteiger partial charge in [0.1, 0.15) is 5.82 Å². The van der Waals surface area contributed by atoms with Crippen LogP contribution in [0, 0.1) is 0 Å². The molecule has 7 nitrogen and oxygen atoms in total. The topological polar surface area (TPSA) is 80.8 Å². The van der Waals surface area contributed by atoms with E-state index in [1.165, 1.54) is 33.5 Å². The van der Waals surface area contributed by atoms with Gasteiger partial charge in [-0.25, -0.2) is 4.98 Å². The molecule has 0 radical (unpaired) electrons. The first-order chi connectivity index (χ1) is 14.1. The zero-order valence-electron chi connectivity index (χ0n) is 16.9. The van der Waals surface area contributed by atoms with Gasteiger partial charge in [-0.3, -0.25) is 9.59 Å². The van der Waals surface area contributed by atoms with E-state index in [4.69, 9.17) is 9.47 Å². The first-order valence-electron chi connectivity index (χ1n) is 9.87. The Morgan fingerprint density at radius 1 is 1.00 bits per heavy atom. The third-order valence-electron chi connectivity index (χ3n) is 5.00. The average Bonchev–Trinajstić information content (AvgIpc) is 2.78. The largest absolute Gasteiger partial charge is 0.493 e. The quantitative estimate of drug-likeness (QED) is 0.684. The van der Waals surface area contributed by atoms with Crippen LogP contribution in [0.3, 0.4) is 0 Å². The van der Waals surface area contributed by atoms with E-state index in [2.05, 4.69) is 15.2 Å². The van der Waals surface area contributed by atoms with Crippen molar-refractivity contribution in [3.8, 4) is 11.5 Å². The van der Waals surface area contributed by atoms with Crippen molar-refractivity contribution in [2.75, 3.05) is 37.5 Å². The molecule has 3 rings (SSSR count). The van der Waals surface area contributed by atoms with Gasteiger partial charge in [-0.1, -0.05) is 0 Å². The van der Waals surface area contributed by atoms with Crippen LogP contribution in [-0.2, 0) is 4.79 Å². The molecule has 1 fully saturated rings. The number of methoxy groups -OCH3 is 2. The number of nitrogens with zero attached hydrogens (tertiary/aromatic N) is 2. The van der Waals surface area contributed by atoms with E-state index < -0.39 is 0 Å². The number of ketones is 1. The summed E-state index contributed by atoms with van der Waals surface area (Å²) < 4.78 is 10.4. The Morgan fingerprint density at radius 3 is 2.41 bits per heavy atom. The number of carbonyl (C=O) groups is 2. The van der Waals surface area contributed by atoms with Crippen molar-refractivity contribution in [2.24, 2.45) is 0 Å². The van der Waals surface area contributed by atoms with E-state index in [1.54, 1.807) is 24.4 Å². The Balaban J connectivity index is 1.51. The summed E-state index contributed by atoms with van der Waals surface area (Å²) in [5, 5.41) is 2.80. The zero-order chi connectivity index (χ0) is 20.6. The number of amides is 1. The maximum atomic E-state index is 12.4. The lowest BCUT2D eigenvalue weighted by molar-refractivity contribution is -0.116. The minimum absolute atomic E-state index is 0.0983. The van der Waals surface area contributed by atoms with Crippen LogP contribution in [0.5, 0.6) is 11.5 Å². The smallest absolute Gasteiger partial charge is 0.224 e. The molecule has 1 aromatic carbocycles. The number of piperidine rings is 1. The minimum Gasteiger partial charge on any atom is -0.493 e. The van der Waals surface area contributed by atoms with Crippen LogP contribution in [-0.4, -0.2) is 44.0 Å². The molecule has 7 heteroatoms. The molecule has 29 heavy (non-hydrogen) atoms. The van der Waals surface area contributed by atoms with Crippen molar-refractivity contribution < 1.29 is 19.1 Å². The molecule has 0 bridgehead atoms. The van der Waals surface area contributed by atoms with Gasteiger partial charge >= 0.3 is 0 Å². The molecule has 0 spiro atoms. The Bertz CT molecular complexity index is 846. The number of pyridine rings is 1. The Labute approximate surface area is 171 Å². The lowest BCUT2D eigenvalue weighted by atomic mass is 10.1. The molecule has 0 aliphatic carbocycles. The van der Waals surface area contributed by atoms with Crippen molar-refractivity contribution in [3.63, 3.8) is 0 Å². The highest BCUT2D eigenvalue weighted by atomic mass is 16.5. The normalized spacial score (nSPS) is 13.7. The van der Waals surface area contributed by atoms with Crippen LogP contribution in [0.15, 0.2) is 36.5 Å². The van der Waals surface area contributed by atoms with Gasteiger partial charge in [0.25, 0.3) is 0 Å². The Morgan fingerprint density at radius 2 is 1.76 bits per heavy atom. The fourth-order valence-electron chi connectivity index (χ4n) is 3.37. The van der Waals surface area contributed by atoms with E-state index in [1.807, 2.05) is 12.1 Å². The van der Waals surface area contributed by atoms with Gasteiger partial charge in [0, 0.05) is 31.5 Å². The highest BCUT2D eigenvalue weighted by molar-refractivity contribution is 6.00. The molecule has 1 aliphatic rings. The lowest BCUT2D eigenvalue weighted by Gasteiger charge is -2.27. The van der Waals surface area contributed by atoms with E-state index in [-0.39, 0.29) is 24.5 Å². The molecule has 0 atom stereocenters. The molecule has 0 unspecified atom stereocenters. The van der Waals surface area contributed by atoms with E-state index in [0.717, 1.165) is 18.9 Å². The summed E-state index contributed by atoms with van der Waals surface area (Å²) in [4.78, 5) is 31.3. The van der Waals surface area contributed by atoms with Crippen molar-refractivity contribution in [1.82, 2.24) is 4.98 Å². The second kappa shape index (κ2) is 9.91. The van der Waals surface area contributed by atoms with E-state index in [0.29, 0.717) is 22.7 Å². The van der Waals surface area contributed by atoms with Gasteiger partial charge in [-0.2, -0.15) is 0 Å². The van der Waals surface area contributed by atoms with Gasteiger partial charge < -0.3 is 19.7 Å². The number of hydrogen-bond acceptors (Lipinski definition) is 6. The first kappa shape index (κ1) is 20.6. The fourth-order valence-corrected chi connectivity index (χ4v) is 3.37. The SMILES string of the molecule is COc1ccc(C(=O)CCC(=O)Nc2ccc(N3CCCCC3)nc2)cc1OC. The third-order valence-corrected chi connectivity index (χ3v) is 5.00. The van der Waals surface area contributed by atoms with Crippen LogP contribution < -0.4 is 19.7 Å². The molecular weight excluding hydrogens is 370 g/mol. The predicted octanol–water partition coefficient (Wildman–Crippen LogP) is 3.69. The van der Waals surface area contributed by atoms with Crippen LogP contribution in [0.4, 0.5) is 11.5 Å². The molecule has 1 amide bonds. The first-order valence-corrected chi connectivity index (χ1v) is 9.87. The standard InChI is InChI=1S/C22H27N3O4/c1-28-19-9-6-16(14-20(19)29-2)18(26)8-11-22(27)24-17-7-10-21(23-15-17)25-12-4-3-5-13-25/h6-7,9-10,14-15H,3-5,8,11-13H2,1-2H3,(H,24,27). The summed E-state index contributed by atoms with van der Waals surface area (Å²) in [6.45, 7) is 2.05. The number of hydrogen-bond donors (Lipinski definition) is 1. The number of ether oxygens (including phenoxy) is 2. The maximum Gasteiger partial charge on any atom is 0.224 e. The maximum absolute atomic E-state index is 12.4. The summed E-state index contributed by atoms with van der Waals surface area (Å²) in [6, 6.07) is 8.76. The fraction of sp³-hybridized carbons (Fsp3) is 0.409. The van der Waals surface area contributed by atoms with Crippen molar-refractivity contribution in [2.45, 2.75) is 32.1 Å². The molecular formula is C22H27N3O4. The molecule has 1 aromatic heterocycles. The lowest BCUT2D eigenvalue weighted by Crippen LogP contribution is -2.30. The summed E-state index contributed by atoms with van der Waals surface area (Å²) >= 11 is 0. The van der Waals surface area contributed by atoms with Crippen molar-refractivity contribution in [1.29, 1.82) is 0 Å². The molecule has 1 N–H and O–H groups in total.